The summed E-state index contributed by atoms with van der Waals surface area (Å²) in [6.07, 6.45) is 0. The zero-order valence-corrected chi connectivity index (χ0v) is 13.7. The standard InChI is InChI=1S/C15H19BrN2O2/c1-8(2)13-14(19)17-10(4)15(20)18(13)12-6-5-11(16)7-9(12)3/h5-8,10,13H,1-4H3,(H,17,19). The topological polar surface area (TPSA) is 49.4 Å². The Bertz CT molecular complexity index is 557. The van der Waals surface area contributed by atoms with Crippen LogP contribution in [-0.4, -0.2) is 23.9 Å². The van der Waals surface area contributed by atoms with Gasteiger partial charge >= 0.3 is 0 Å². The first-order valence-corrected chi connectivity index (χ1v) is 7.52. The molecular weight excluding hydrogens is 320 g/mol. The molecular formula is C15H19BrN2O2. The van der Waals surface area contributed by atoms with E-state index in [9.17, 15) is 9.59 Å². The molecule has 5 heteroatoms. The second kappa shape index (κ2) is 5.56. The number of aryl methyl sites for hydroxylation is 1. The smallest absolute Gasteiger partial charge is 0.250 e. The number of hydrogen-bond acceptors (Lipinski definition) is 2. The van der Waals surface area contributed by atoms with E-state index in [0.717, 1.165) is 15.7 Å². The summed E-state index contributed by atoms with van der Waals surface area (Å²) >= 11 is 3.42. The number of nitrogens with one attached hydrogen (secondary N) is 1. The van der Waals surface area contributed by atoms with E-state index in [-0.39, 0.29) is 17.7 Å². The number of benzene rings is 1. The number of piperazine rings is 1. The van der Waals surface area contributed by atoms with Crippen LogP contribution in [0.25, 0.3) is 0 Å². The summed E-state index contributed by atoms with van der Waals surface area (Å²) in [4.78, 5) is 26.4. The van der Waals surface area contributed by atoms with E-state index >= 15 is 0 Å². The van der Waals surface area contributed by atoms with Gasteiger partial charge in [-0.1, -0.05) is 29.8 Å². The molecule has 1 saturated heterocycles. The van der Waals surface area contributed by atoms with Gasteiger partial charge in [0.15, 0.2) is 0 Å². The maximum Gasteiger partial charge on any atom is 0.250 e. The van der Waals surface area contributed by atoms with Crippen LogP contribution in [0, 0.1) is 12.8 Å². The van der Waals surface area contributed by atoms with Crippen molar-refractivity contribution in [2.24, 2.45) is 5.92 Å². The maximum absolute atomic E-state index is 12.5. The van der Waals surface area contributed by atoms with Gasteiger partial charge in [0.2, 0.25) is 11.8 Å². The Kier molecular flexibility index (Phi) is 4.18. The Hall–Kier alpha value is -1.36. The Balaban J connectivity index is 2.52. The van der Waals surface area contributed by atoms with E-state index in [1.54, 1.807) is 11.8 Å². The zero-order chi connectivity index (χ0) is 15.0. The molecule has 2 atom stereocenters. The van der Waals surface area contributed by atoms with E-state index in [4.69, 9.17) is 0 Å². The van der Waals surface area contributed by atoms with Gasteiger partial charge in [0.05, 0.1) is 0 Å². The third-order valence-electron chi connectivity index (χ3n) is 3.56. The van der Waals surface area contributed by atoms with Crippen LogP contribution >= 0.6 is 15.9 Å². The molecule has 20 heavy (non-hydrogen) atoms. The van der Waals surface area contributed by atoms with Crippen molar-refractivity contribution in [3.8, 4) is 0 Å². The van der Waals surface area contributed by atoms with Crippen LogP contribution < -0.4 is 10.2 Å². The van der Waals surface area contributed by atoms with Crippen LogP contribution in [0.5, 0.6) is 0 Å². The van der Waals surface area contributed by atoms with Crippen LogP contribution in [0.2, 0.25) is 0 Å². The molecule has 1 aromatic rings. The summed E-state index contributed by atoms with van der Waals surface area (Å²) < 4.78 is 0.960. The van der Waals surface area contributed by atoms with E-state index in [0.29, 0.717) is 0 Å². The minimum Gasteiger partial charge on any atom is -0.343 e. The minimum atomic E-state index is -0.486. The van der Waals surface area contributed by atoms with Gasteiger partial charge in [-0.3, -0.25) is 14.5 Å². The fourth-order valence-electron chi connectivity index (χ4n) is 2.58. The van der Waals surface area contributed by atoms with Gasteiger partial charge in [-0.05, 0) is 43.5 Å². The molecule has 1 fully saturated rings. The van der Waals surface area contributed by atoms with Crippen LogP contribution in [-0.2, 0) is 9.59 Å². The molecule has 0 aliphatic carbocycles. The monoisotopic (exact) mass is 338 g/mol. The summed E-state index contributed by atoms with van der Waals surface area (Å²) in [5.41, 5.74) is 1.78. The lowest BCUT2D eigenvalue weighted by atomic mass is 9.96. The Labute approximate surface area is 127 Å². The highest BCUT2D eigenvalue weighted by Gasteiger charge is 2.41. The van der Waals surface area contributed by atoms with Crippen molar-refractivity contribution in [3.63, 3.8) is 0 Å². The summed E-state index contributed by atoms with van der Waals surface area (Å²) in [6, 6.07) is 4.79. The third-order valence-corrected chi connectivity index (χ3v) is 4.06. The van der Waals surface area contributed by atoms with Gasteiger partial charge in [0, 0.05) is 10.2 Å². The maximum atomic E-state index is 12.5. The summed E-state index contributed by atoms with van der Waals surface area (Å²) in [7, 11) is 0. The summed E-state index contributed by atoms with van der Waals surface area (Å²) in [5, 5.41) is 2.75. The number of halogens is 1. The van der Waals surface area contributed by atoms with Crippen molar-refractivity contribution in [2.75, 3.05) is 4.90 Å². The summed E-state index contributed by atoms with van der Waals surface area (Å²) in [6.45, 7) is 7.57. The quantitative estimate of drug-likeness (QED) is 0.901. The van der Waals surface area contributed by atoms with E-state index in [1.807, 2.05) is 39.0 Å². The fourth-order valence-corrected chi connectivity index (χ4v) is 3.06. The van der Waals surface area contributed by atoms with Crippen LogP contribution in [0.15, 0.2) is 22.7 Å². The summed E-state index contributed by atoms with van der Waals surface area (Å²) in [5.74, 6) is -0.0994. The minimum absolute atomic E-state index is 0.0505. The van der Waals surface area contributed by atoms with Gasteiger partial charge in [0.25, 0.3) is 0 Å². The van der Waals surface area contributed by atoms with E-state index in [2.05, 4.69) is 21.2 Å². The molecule has 0 spiro atoms. The molecule has 1 aliphatic heterocycles. The number of carbonyl (C=O) groups excluding carboxylic acids is 2. The highest BCUT2D eigenvalue weighted by atomic mass is 79.9. The predicted octanol–water partition coefficient (Wildman–Crippen LogP) is 2.63. The van der Waals surface area contributed by atoms with Crippen LogP contribution in [0.1, 0.15) is 26.3 Å². The van der Waals surface area contributed by atoms with Crippen LogP contribution in [0.3, 0.4) is 0 Å². The number of anilines is 1. The first-order chi connectivity index (χ1) is 9.32. The van der Waals surface area contributed by atoms with Crippen molar-refractivity contribution in [1.29, 1.82) is 0 Å². The number of hydrogen-bond donors (Lipinski definition) is 1. The van der Waals surface area contributed by atoms with E-state index < -0.39 is 12.1 Å². The van der Waals surface area contributed by atoms with Gasteiger partial charge in [-0.2, -0.15) is 0 Å². The van der Waals surface area contributed by atoms with Gasteiger partial charge < -0.3 is 5.32 Å². The zero-order valence-electron chi connectivity index (χ0n) is 12.1. The third kappa shape index (κ3) is 2.59. The fraction of sp³-hybridized carbons (Fsp3) is 0.467. The first kappa shape index (κ1) is 15.0. The average molecular weight is 339 g/mol. The molecule has 2 rings (SSSR count). The molecule has 2 amide bonds. The Morgan fingerprint density at radius 2 is 1.95 bits per heavy atom. The normalized spacial score (nSPS) is 23.2. The molecule has 0 bridgehead atoms. The largest absolute Gasteiger partial charge is 0.343 e. The molecule has 1 aromatic carbocycles. The number of rotatable bonds is 2. The lowest BCUT2D eigenvalue weighted by Crippen LogP contribution is -2.64. The Morgan fingerprint density at radius 1 is 1.30 bits per heavy atom. The molecule has 1 heterocycles. The molecule has 0 radical (unpaired) electrons. The van der Waals surface area contributed by atoms with Crippen molar-refractivity contribution in [3.05, 3.63) is 28.2 Å². The lowest BCUT2D eigenvalue weighted by Gasteiger charge is -2.40. The number of amides is 2. The number of nitrogens with zero attached hydrogens (tertiary/aromatic N) is 1. The average Bonchev–Trinajstić information content (AvgIpc) is 2.33. The predicted molar refractivity (Wildman–Crippen MR) is 82.6 cm³/mol. The highest BCUT2D eigenvalue weighted by Crippen LogP contribution is 2.30. The highest BCUT2D eigenvalue weighted by molar-refractivity contribution is 9.10. The molecule has 0 saturated carbocycles. The molecule has 2 unspecified atom stereocenters. The van der Waals surface area contributed by atoms with Gasteiger partial charge in [0.1, 0.15) is 12.1 Å². The van der Waals surface area contributed by atoms with Crippen molar-refractivity contribution >= 4 is 33.4 Å². The van der Waals surface area contributed by atoms with Gasteiger partial charge in [-0.15, -0.1) is 0 Å². The molecule has 0 aromatic heterocycles. The van der Waals surface area contributed by atoms with Crippen LogP contribution in [0.4, 0.5) is 5.69 Å². The number of carbonyl (C=O) groups is 2. The molecule has 4 nitrogen and oxygen atoms in total. The second-order valence-electron chi connectivity index (χ2n) is 5.56. The van der Waals surface area contributed by atoms with Crippen molar-refractivity contribution in [1.82, 2.24) is 5.32 Å². The van der Waals surface area contributed by atoms with Gasteiger partial charge in [-0.25, -0.2) is 0 Å². The van der Waals surface area contributed by atoms with Crippen molar-refractivity contribution < 1.29 is 9.59 Å². The molecule has 1 N–H and O–H groups in total. The first-order valence-electron chi connectivity index (χ1n) is 6.72. The SMILES string of the molecule is Cc1cc(Br)ccc1N1C(=O)C(C)NC(=O)C1C(C)C. The van der Waals surface area contributed by atoms with E-state index in [1.165, 1.54) is 0 Å². The Morgan fingerprint density at radius 3 is 2.50 bits per heavy atom. The van der Waals surface area contributed by atoms with Crippen molar-refractivity contribution in [2.45, 2.75) is 39.8 Å². The lowest BCUT2D eigenvalue weighted by molar-refractivity contribution is -0.134. The molecule has 108 valence electrons. The second-order valence-corrected chi connectivity index (χ2v) is 6.47. The molecule has 1 aliphatic rings.